The van der Waals surface area contributed by atoms with Crippen LogP contribution in [0, 0.1) is 0 Å². The van der Waals surface area contributed by atoms with Gasteiger partial charge >= 0.3 is 0 Å². The minimum atomic E-state index is 0.239. The van der Waals surface area contributed by atoms with E-state index in [0.29, 0.717) is 12.3 Å². The standard InChI is InChI=1S/C15H31N3O3/c19-11-1-6-16-9-4-15-17(7-2-12-20)10-5-14(16)18(15)8-3-13-21/h14-15,19-21H,1-13H2/t14-,15-/m0/s1. The second-order valence-corrected chi connectivity index (χ2v) is 6.08. The maximum Gasteiger partial charge on any atom is 0.0648 e. The van der Waals surface area contributed by atoms with Crippen LogP contribution in [0.1, 0.15) is 32.1 Å². The van der Waals surface area contributed by atoms with Gasteiger partial charge in [-0.2, -0.15) is 0 Å². The predicted molar refractivity (Wildman–Crippen MR) is 81.8 cm³/mol. The first-order valence-electron chi connectivity index (χ1n) is 8.38. The van der Waals surface area contributed by atoms with Gasteiger partial charge in [-0.3, -0.25) is 14.7 Å². The van der Waals surface area contributed by atoms with E-state index in [-0.39, 0.29) is 19.8 Å². The lowest BCUT2D eigenvalue weighted by atomic mass is 10.0. The minimum absolute atomic E-state index is 0.239. The topological polar surface area (TPSA) is 70.4 Å². The molecule has 2 rings (SSSR count). The Labute approximate surface area is 127 Å². The normalized spacial score (nSPS) is 28.1. The molecule has 0 aromatic carbocycles. The van der Waals surface area contributed by atoms with Crippen molar-refractivity contribution in [2.75, 3.05) is 52.5 Å². The van der Waals surface area contributed by atoms with Crippen molar-refractivity contribution in [2.24, 2.45) is 0 Å². The van der Waals surface area contributed by atoms with E-state index in [1.54, 1.807) is 0 Å². The molecule has 6 nitrogen and oxygen atoms in total. The lowest BCUT2D eigenvalue weighted by Crippen LogP contribution is -2.67. The highest BCUT2D eigenvalue weighted by molar-refractivity contribution is 4.91. The van der Waals surface area contributed by atoms with E-state index in [0.717, 1.165) is 64.8 Å². The first-order valence-corrected chi connectivity index (χ1v) is 8.38. The van der Waals surface area contributed by atoms with Crippen molar-refractivity contribution in [3.63, 3.8) is 0 Å². The molecule has 2 bridgehead atoms. The first kappa shape index (κ1) is 17.1. The van der Waals surface area contributed by atoms with Gasteiger partial charge in [-0.05, 0) is 32.1 Å². The molecule has 124 valence electrons. The van der Waals surface area contributed by atoms with Crippen LogP contribution in [0.2, 0.25) is 0 Å². The summed E-state index contributed by atoms with van der Waals surface area (Å²) in [4.78, 5) is 7.51. The van der Waals surface area contributed by atoms with Crippen molar-refractivity contribution < 1.29 is 15.3 Å². The van der Waals surface area contributed by atoms with E-state index in [4.69, 9.17) is 15.3 Å². The van der Waals surface area contributed by atoms with Gasteiger partial charge in [0, 0.05) is 52.5 Å². The summed E-state index contributed by atoms with van der Waals surface area (Å²) in [7, 11) is 0. The van der Waals surface area contributed by atoms with Gasteiger partial charge in [0.1, 0.15) is 0 Å². The van der Waals surface area contributed by atoms with Gasteiger partial charge in [-0.15, -0.1) is 0 Å². The quantitative estimate of drug-likeness (QED) is 0.533. The Bertz CT molecular complexity index is 269. The SMILES string of the molecule is OCCCN1CC[C@H]2N(CCCO)CC[C@@H]1N2CCCO. The fraction of sp³-hybridized carbons (Fsp3) is 1.00. The van der Waals surface area contributed by atoms with Crippen LogP contribution < -0.4 is 0 Å². The third-order valence-corrected chi connectivity index (χ3v) is 4.74. The van der Waals surface area contributed by atoms with Gasteiger partial charge in [0.25, 0.3) is 0 Å². The van der Waals surface area contributed by atoms with Gasteiger partial charge < -0.3 is 15.3 Å². The zero-order chi connectivity index (χ0) is 15.1. The fourth-order valence-corrected chi connectivity index (χ4v) is 3.80. The highest BCUT2D eigenvalue weighted by atomic mass is 16.3. The minimum Gasteiger partial charge on any atom is -0.396 e. The summed E-state index contributed by atoms with van der Waals surface area (Å²) in [5, 5.41) is 27.3. The molecule has 0 spiro atoms. The van der Waals surface area contributed by atoms with E-state index < -0.39 is 0 Å². The lowest BCUT2D eigenvalue weighted by molar-refractivity contribution is -0.132. The van der Waals surface area contributed by atoms with Crippen LogP contribution in [0.25, 0.3) is 0 Å². The Hall–Kier alpha value is -0.240. The average Bonchev–Trinajstić information content (AvgIpc) is 2.51. The molecule has 0 aromatic rings. The van der Waals surface area contributed by atoms with E-state index in [1.807, 2.05) is 0 Å². The Morgan fingerprint density at radius 2 is 1.10 bits per heavy atom. The fourth-order valence-electron chi connectivity index (χ4n) is 3.80. The van der Waals surface area contributed by atoms with Crippen LogP contribution in [0.15, 0.2) is 0 Å². The lowest BCUT2D eigenvalue weighted by Gasteiger charge is -2.56. The molecule has 0 saturated carbocycles. The smallest absolute Gasteiger partial charge is 0.0648 e. The Balaban J connectivity index is 1.99. The Kier molecular flexibility index (Phi) is 7.36. The average molecular weight is 301 g/mol. The molecule has 2 saturated heterocycles. The summed E-state index contributed by atoms with van der Waals surface area (Å²) in [5.74, 6) is 0. The molecule has 2 aliphatic heterocycles. The molecular formula is C15H31N3O3. The number of nitrogens with zero attached hydrogens (tertiary/aromatic N) is 3. The van der Waals surface area contributed by atoms with Crippen molar-refractivity contribution in [1.82, 2.24) is 14.7 Å². The van der Waals surface area contributed by atoms with E-state index >= 15 is 0 Å². The number of aliphatic hydroxyl groups is 3. The second-order valence-electron chi connectivity index (χ2n) is 6.08. The van der Waals surface area contributed by atoms with E-state index in [2.05, 4.69) is 14.7 Å². The van der Waals surface area contributed by atoms with Crippen molar-refractivity contribution in [3.05, 3.63) is 0 Å². The molecule has 0 amide bonds. The summed E-state index contributed by atoms with van der Waals surface area (Å²) in [6, 6.07) is 0. The van der Waals surface area contributed by atoms with Gasteiger partial charge in [0.2, 0.25) is 0 Å². The van der Waals surface area contributed by atoms with Crippen LogP contribution in [0.3, 0.4) is 0 Å². The summed E-state index contributed by atoms with van der Waals surface area (Å²) >= 11 is 0. The highest BCUT2D eigenvalue weighted by Crippen LogP contribution is 2.30. The van der Waals surface area contributed by atoms with Crippen molar-refractivity contribution in [2.45, 2.75) is 44.4 Å². The van der Waals surface area contributed by atoms with Gasteiger partial charge in [0.15, 0.2) is 0 Å². The number of hydrogen-bond donors (Lipinski definition) is 3. The molecule has 2 atom stereocenters. The number of aliphatic hydroxyl groups excluding tert-OH is 3. The van der Waals surface area contributed by atoms with E-state index in [1.165, 1.54) is 0 Å². The number of fused-ring (bicyclic) bond motifs is 2. The molecule has 6 heteroatoms. The van der Waals surface area contributed by atoms with Gasteiger partial charge in [-0.25, -0.2) is 0 Å². The molecule has 0 radical (unpaired) electrons. The van der Waals surface area contributed by atoms with Crippen molar-refractivity contribution >= 4 is 0 Å². The summed E-state index contributed by atoms with van der Waals surface area (Å²) in [6.45, 7) is 5.76. The highest BCUT2D eigenvalue weighted by Gasteiger charge is 2.41. The maximum absolute atomic E-state index is 9.15. The summed E-state index contributed by atoms with van der Waals surface area (Å²) < 4.78 is 0. The second kappa shape index (κ2) is 9.02. The largest absolute Gasteiger partial charge is 0.396 e. The molecule has 2 fully saturated rings. The molecule has 2 heterocycles. The first-order chi connectivity index (χ1) is 10.3. The van der Waals surface area contributed by atoms with Crippen LogP contribution in [-0.2, 0) is 0 Å². The Morgan fingerprint density at radius 1 is 0.667 bits per heavy atom. The molecule has 2 aliphatic rings. The maximum atomic E-state index is 9.15. The zero-order valence-electron chi connectivity index (χ0n) is 13.0. The van der Waals surface area contributed by atoms with Gasteiger partial charge in [0.05, 0.1) is 12.3 Å². The van der Waals surface area contributed by atoms with E-state index in [9.17, 15) is 0 Å². The third-order valence-electron chi connectivity index (χ3n) is 4.74. The van der Waals surface area contributed by atoms with Crippen LogP contribution >= 0.6 is 0 Å². The third kappa shape index (κ3) is 4.37. The molecular weight excluding hydrogens is 270 g/mol. The molecule has 0 unspecified atom stereocenters. The monoisotopic (exact) mass is 301 g/mol. The van der Waals surface area contributed by atoms with Crippen molar-refractivity contribution in [1.29, 1.82) is 0 Å². The molecule has 21 heavy (non-hydrogen) atoms. The molecule has 0 aliphatic carbocycles. The Morgan fingerprint density at radius 3 is 1.52 bits per heavy atom. The van der Waals surface area contributed by atoms with Crippen LogP contribution in [-0.4, -0.2) is 94.9 Å². The number of rotatable bonds is 9. The molecule has 0 aromatic heterocycles. The predicted octanol–water partition coefficient (Wildman–Crippen LogP) is -0.501. The summed E-state index contributed by atoms with van der Waals surface area (Å²) in [6.07, 6.45) is 5.61. The zero-order valence-corrected chi connectivity index (χ0v) is 13.0. The summed E-state index contributed by atoms with van der Waals surface area (Å²) in [5.41, 5.74) is 0. The van der Waals surface area contributed by atoms with Crippen LogP contribution in [0.5, 0.6) is 0 Å². The van der Waals surface area contributed by atoms with Gasteiger partial charge in [-0.1, -0.05) is 0 Å². The van der Waals surface area contributed by atoms with Crippen molar-refractivity contribution in [3.8, 4) is 0 Å². The number of hydrogen-bond acceptors (Lipinski definition) is 6. The molecule has 3 N–H and O–H groups in total. The van der Waals surface area contributed by atoms with Crippen LogP contribution in [0.4, 0.5) is 0 Å².